The lowest BCUT2D eigenvalue weighted by atomic mass is 10.1. The van der Waals surface area contributed by atoms with Crippen molar-refractivity contribution in [1.82, 2.24) is 13.9 Å². The SMILES string of the molecule is CN(C)S(=O)(=O)NCC1CC(=O)N(Cc2ccccc2)C1. The Hall–Kier alpha value is -1.44. The van der Waals surface area contributed by atoms with Crippen LogP contribution in [-0.4, -0.2) is 50.7 Å². The molecule has 0 bridgehead atoms. The summed E-state index contributed by atoms with van der Waals surface area (Å²) in [5.74, 6) is 0.101. The van der Waals surface area contributed by atoms with E-state index in [4.69, 9.17) is 0 Å². The van der Waals surface area contributed by atoms with Crippen LogP contribution in [0.15, 0.2) is 30.3 Å². The van der Waals surface area contributed by atoms with Gasteiger partial charge in [0.25, 0.3) is 10.2 Å². The van der Waals surface area contributed by atoms with Gasteiger partial charge in [0.1, 0.15) is 0 Å². The van der Waals surface area contributed by atoms with Gasteiger partial charge in [-0.2, -0.15) is 12.7 Å². The van der Waals surface area contributed by atoms with Gasteiger partial charge in [-0.25, -0.2) is 4.72 Å². The first kappa shape index (κ1) is 15.9. The molecule has 1 N–H and O–H groups in total. The highest BCUT2D eigenvalue weighted by atomic mass is 32.2. The second kappa shape index (κ2) is 6.55. The van der Waals surface area contributed by atoms with Gasteiger partial charge >= 0.3 is 0 Å². The highest BCUT2D eigenvalue weighted by molar-refractivity contribution is 7.87. The van der Waals surface area contributed by atoms with Crippen LogP contribution < -0.4 is 4.72 Å². The molecule has 1 unspecified atom stereocenters. The van der Waals surface area contributed by atoms with Gasteiger partial charge < -0.3 is 4.90 Å². The third kappa shape index (κ3) is 4.26. The van der Waals surface area contributed by atoms with E-state index in [9.17, 15) is 13.2 Å². The van der Waals surface area contributed by atoms with E-state index in [1.165, 1.54) is 14.1 Å². The van der Waals surface area contributed by atoms with E-state index in [-0.39, 0.29) is 18.4 Å². The molecule has 0 spiro atoms. The van der Waals surface area contributed by atoms with E-state index < -0.39 is 10.2 Å². The Morgan fingerprint density at radius 1 is 1.29 bits per heavy atom. The molecule has 0 saturated carbocycles. The van der Waals surface area contributed by atoms with Crippen molar-refractivity contribution in [3.05, 3.63) is 35.9 Å². The third-order valence-electron chi connectivity index (χ3n) is 3.55. The van der Waals surface area contributed by atoms with Crippen LogP contribution in [0.2, 0.25) is 0 Å². The molecule has 2 rings (SSSR count). The van der Waals surface area contributed by atoms with Gasteiger partial charge in [-0.15, -0.1) is 0 Å². The molecule has 7 heteroatoms. The first-order valence-electron chi connectivity index (χ1n) is 6.87. The molecule has 0 aliphatic carbocycles. The van der Waals surface area contributed by atoms with Crippen LogP contribution in [-0.2, 0) is 21.5 Å². The summed E-state index contributed by atoms with van der Waals surface area (Å²) in [6.45, 7) is 1.46. The van der Waals surface area contributed by atoms with Crippen molar-refractivity contribution >= 4 is 16.1 Å². The van der Waals surface area contributed by atoms with Crippen molar-refractivity contribution in [2.45, 2.75) is 13.0 Å². The predicted octanol–water partition coefficient (Wildman–Crippen LogP) is 0.431. The summed E-state index contributed by atoms with van der Waals surface area (Å²) >= 11 is 0. The number of carbonyl (C=O) groups excluding carboxylic acids is 1. The minimum atomic E-state index is -3.43. The predicted molar refractivity (Wildman–Crippen MR) is 80.6 cm³/mol. The highest BCUT2D eigenvalue weighted by Gasteiger charge is 2.30. The first-order valence-corrected chi connectivity index (χ1v) is 8.31. The lowest BCUT2D eigenvalue weighted by Crippen LogP contribution is -2.38. The number of amides is 1. The van der Waals surface area contributed by atoms with Crippen LogP contribution >= 0.6 is 0 Å². The molecule has 1 fully saturated rings. The van der Waals surface area contributed by atoms with Crippen LogP contribution in [0.25, 0.3) is 0 Å². The van der Waals surface area contributed by atoms with Crippen molar-refractivity contribution in [1.29, 1.82) is 0 Å². The number of carbonyl (C=O) groups is 1. The van der Waals surface area contributed by atoms with Crippen molar-refractivity contribution in [3.63, 3.8) is 0 Å². The standard InChI is InChI=1S/C14H21N3O3S/c1-16(2)21(19,20)15-9-13-8-14(18)17(11-13)10-12-6-4-3-5-7-12/h3-7,13,15H,8-11H2,1-2H3. The van der Waals surface area contributed by atoms with Crippen LogP contribution in [0.3, 0.4) is 0 Å². The number of nitrogens with zero attached hydrogens (tertiary/aromatic N) is 2. The zero-order valence-corrected chi connectivity index (χ0v) is 13.1. The Bertz CT molecular complexity index is 587. The number of benzene rings is 1. The summed E-state index contributed by atoms with van der Waals surface area (Å²) in [5, 5.41) is 0. The minimum absolute atomic E-state index is 0.0240. The Balaban J connectivity index is 1.88. The Labute approximate surface area is 125 Å². The smallest absolute Gasteiger partial charge is 0.278 e. The average molecular weight is 311 g/mol. The molecular weight excluding hydrogens is 290 g/mol. The van der Waals surface area contributed by atoms with Gasteiger partial charge in [0, 0.05) is 40.2 Å². The van der Waals surface area contributed by atoms with E-state index in [0.717, 1.165) is 9.87 Å². The molecule has 1 aromatic carbocycles. The van der Waals surface area contributed by atoms with Gasteiger partial charge in [0.05, 0.1) is 0 Å². The first-order chi connectivity index (χ1) is 9.88. The monoisotopic (exact) mass is 311 g/mol. The van der Waals surface area contributed by atoms with E-state index in [2.05, 4.69) is 4.72 Å². The summed E-state index contributed by atoms with van der Waals surface area (Å²) in [5.41, 5.74) is 1.08. The lowest BCUT2D eigenvalue weighted by molar-refractivity contribution is -0.128. The molecule has 1 aromatic rings. The Morgan fingerprint density at radius 2 is 1.95 bits per heavy atom. The third-order valence-corrected chi connectivity index (χ3v) is 5.04. The van der Waals surface area contributed by atoms with Crippen LogP contribution in [0.4, 0.5) is 0 Å². The molecule has 1 saturated heterocycles. The summed E-state index contributed by atoms with van der Waals surface area (Å²) < 4.78 is 27.0. The minimum Gasteiger partial charge on any atom is -0.338 e. The molecule has 0 aromatic heterocycles. The summed E-state index contributed by atoms with van der Waals surface area (Å²) in [7, 11) is -0.474. The average Bonchev–Trinajstić information content (AvgIpc) is 2.78. The van der Waals surface area contributed by atoms with Crippen LogP contribution in [0.5, 0.6) is 0 Å². The van der Waals surface area contributed by atoms with Gasteiger partial charge in [0.2, 0.25) is 5.91 Å². The summed E-state index contributed by atoms with van der Waals surface area (Å²) in [6.07, 6.45) is 0.392. The Morgan fingerprint density at radius 3 is 2.57 bits per heavy atom. The quantitative estimate of drug-likeness (QED) is 0.828. The molecule has 6 nitrogen and oxygen atoms in total. The van der Waals surface area contributed by atoms with Crippen molar-refractivity contribution in [2.75, 3.05) is 27.2 Å². The molecule has 21 heavy (non-hydrogen) atoms. The van der Waals surface area contributed by atoms with Crippen LogP contribution in [0.1, 0.15) is 12.0 Å². The van der Waals surface area contributed by atoms with E-state index >= 15 is 0 Å². The second-order valence-corrected chi connectivity index (χ2v) is 7.44. The molecular formula is C14H21N3O3S. The van der Waals surface area contributed by atoms with Crippen molar-refractivity contribution < 1.29 is 13.2 Å². The van der Waals surface area contributed by atoms with Gasteiger partial charge in [-0.05, 0) is 11.5 Å². The number of hydrogen-bond donors (Lipinski definition) is 1. The molecule has 1 aliphatic rings. The molecule has 116 valence electrons. The maximum atomic E-state index is 12.0. The normalized spacial score (nSPS) is 19.5. The van der Waals surface area contributed by atoms with Gasteiger partial charge in [-0.3, -0.25) is 4.79 Å². The zero-order chi connectivity index (χ0) is 15.5. The fraction of sp³-hybridized carbons (Fsp3) is 0.500. The van der Waals surface area contributed by atoms with Crippen LogP contribution in [0, 0.1) is 5.92 Å². The lowest BCUT2D eigenvalue weighted by Gasteiger charge is -2.18. The van der Waals surface area contributed by atoms with Crippen molar-refractivity contribution in [3.8, 4) is 0 Å². The molecule has 1 aliphatic heterocycles. The number of likely N-dealkylation sites (tertiary alicyclic amines) is 1. The highest BCUT2D eigenvalue weighted by Crippen LogP contribution is 2.19. The fourth-order valence-corrected chi connectivity index (χ4v) is 3.00. The molecule has 0 radical (unpaired) electrons. The largest absolute Gasteiger partial charge is 0.338 e. The number of nitrogens with one attached hydrogen (secondary N) is 1. The fourth-order valence-electron chi connectivity index (χ4n) is 2.30. The van der Waals surface area contributed by atoms with E-state index in [0.29, 0.717) is 19.5 Å². The topological polar surface area (TPSA) is 69.7 Å². The molecule has 1 heterocycles. The Kier molecular flexibility index (Phi) is 4.97. The van der Waals surface area contributed by atoms with E-state index in [1.807, 2.05) is 30.3 Å². The van der Waals surface area contributed by atoms with Gasteiger partial charge in [-0.1, -0.05) is 30.3 Å². The number of hydrogen-bond acceptors (Lipinski definition) is 3. The second-order valence-electron chi connectivity index (χ2n) is 5.47. The maximum Gasteiger partial charge on any atom is 0.278 e. The molecule has 1 amide bonds. The summed E-state index contributed by atoms with van der Waals surface area (Å²) in [4.78, 5) is 13.8. The zero-order valence-electron chi connectivity index (χ0n) is 12.3. The summed E-state index contributed by atoms with van der Waals surface area (Å²) in [6, 6.07) is 9.79. The maximum absolute atomic E-state index is 12.0. The van der Waals surface area contributed by atoms with Gasteiger partial charge in [0.15, 0.2) is 0 Å². The van der Waals surface area contributed by atoms with Crippen molar-refractivity contribution in [2.24, 2.45) is 5.92 Å². The number of rotatable bonds is 6. The van der Waals surface area contributed by atoms with E-state index in [1.54, 1.807) is 4.90 Å². The molecule has 1 atom stereocenters.